The van der Waals surface area contributed by atoms with Crippen molar-refractivity contribution in [3.8, 4) is 0 Å². The summed E-state index contributed by atoms with van der Waals surface area (Å²) in [6.07, 6.45) is 7.87. The lowest BCUT2D eigenvalue weighted by Crippen LogP contribution is -2.40. The molecule has 1 unspecified atom stereocenters. The maximum absolute atomic E-state index is 13.6. The van der Waals surface area contributed by atoms with Gasteiger partial charge in [-0.3, -0.25) is 14.6 Å². The van der Waals surface area contributed by atoms with Crippen LogP contribution in [0.15, 0.2) is 48.8 Å². The fourth-order valence-electron chi connectivity index (χ4n) is 3.74. The van der Waals surface area contributed by atoms with Crippen LogP contribution in [0.1, 0.15) is 43.2 Å². The Kier molecular flexibility index (Phi) is 7.73. The highest BCUT2D eigenvalue weighted by molar-refractivity contribution is 5.77. The highest BCUT2D eigenvalue weighted by Crippen LogP contribution is 2.22. The topological polar surface area (TPSA) is 62.3 Å². The second kappa shape index (κ2) is 10.7. The van der Waals surface area contributed by atoms with Crippen LogP contribution in [-0.4, -0.2) is 34.8 Å². The van der Waals surface area contributed by atoms with Crippen molar-refractivity contribution in [2.75, 3.05) is 13.1 Å². The molecule has 5 nitrogen and oxygen atoms in total. The minimum atomic E-state index is -0.305. The highest BCUT2D eigenvalue weighted by Gasteiger charge is 2.23. The average molecular weight is 397 g/mol. The number of hydrogen-bond acceptors (Lipinski definition) is 3. The molecule has 1 aliphatic rings. The Morgan fingerprint density at radius 2 is 2.03 bits per heavy atom. The number of likely N-dealkylation sites (tertiary alicyclic amines) is 1. The van der Waals surface area contributed by atoms with Crippen molar-refractivity contribution < 1.29 is 14.0 Å². The van der Waals surface area contributed by atoms with Gasteiger partial charge in [0.2, 0.25) is 11.8 Å². The van der Waals surface area contributed by atoms with E-state index in [1.807, 2.05) is 17.0 Å². The van der Waals surface area contributed by atoms with Crippen molar-refractivity contribution >= 4 is 11.8 Å². The van der Waals surface area contributed by atoms with E-state index in [1.165, 1.54) is 6.07 Å². The van der Waals surface area contributed by atoms with Gasteiger partial charge in [0.1, 0.15) is 5.82 Å². The van der Waals surface area contributed by atoms with Gasteiger partial charge >= 0.3 is 0 Å². The third kappa shape index (κ3) is 6.66. The minimum Gasteiger partial charge on any atom is -0.352 e. The van der Waals surface area contributed by atoms with Crippen LogP contribution in [0.3, 0.4) is 0 Å². The summed E-state index contributed by atoms with van der Waals surface area (Å²) in [6, 6.07) is 10.3. The molecule has 1 N–H and O–H groups in total. The smallest absolute Gasteiger partial charge is 0.222 e. The van der Waals surface area contributed by atoms with Crippen LogP contribution in [0.25, 0.3) is 0 Å². The first-order chi connectivity index (χ1) is 14.1. The predicted molar refractivity (Wildman–Crippen MR) is 109 cm³/mol. The molecule has 1 atom stereocenters. The highest BCUT2D eigenvalue weighted by atomic mass is 19.1. The van der Waals surface area contributed by atoms with Crippen molar-refractivity contribution in [2.45, 2.75) is 45.1 Å². The zero-order valence-electron chi connectivity index (χ0n) is 16.6. The molecule has 154 valence electrons. The van der Waals surface area contributed by atoms with Gasteiger partial charge in [0.15, 0.2) is 0 Å². The number of carbonyl (C=O) groups is 2. The molecule has 1 aromatic carbocycles. The third-order valence-corrected chi connectivity index (χ3v) is 5.44. The summed E-state index contributed by atoms with van der Waals surface area (Å²) >= 11 is 0. The number of nitrogens with zero attached hydrogens (tertiary/aromatic N) is 2. The Morgan fingerprint density at radius 3 is 2.83 bits per heavy atom. The average Bonchev–Trinajstić information content (AvgIpc) is 2.76. The monoisotopic (exact) mass is 397 g/mol. The molecule has 1 aromatic heterocycles. The Bertz CT molecular complexity index is 813. The van der Waals surface area contributed by atoms with E-state index in [-0.39, 0.29) is 24.2 Å². The summed E-state index contributed by atoms with van der Waals surface area (Å²) < 4.78 is 13.6. The summed E-state index contributed by atoms with van der Waals surface area (Å²) in [5.41, 5.74) is 1.56. The quantitative estimate of drug-likeness (QED) is 0.742. The molecule has 0 aliphatic carbocycles. The van der Waals surface area contributed by atoms with E-state index < -0.39 is 0 Å². The van der Waals surface area contributed by atoms with E-state index >= 15 is 0 Å². The van der Waals surface area contributed by atoms with Crippen molar-refractivity contribution in [3.63, 3.8) is 0 Å². The van der Waals surface area contributed by atoms with Crippen LogP contribution < -0.4 is 5.32 Å². The van der Waals surface area contributed by atoms with Crippen LogP contribution in [-0.2, 0) is 22.6 Å². The zero-order valence-corrected chi connectivity index (χ0v) is 16.6. The first-order valence-corrected chi connectivity index (χ1v) is 10.3. The lowest BCUT2D eigenvalue weighted by atomic mass is 9.93. The van der Waals surface area contributed by atoms with Crippen molar-refractivity contribution in [1.82, 2.24) is 15.2 Å². The number of rotatable bonds is 8. The molecule has 6 heteroatoms. The second-order valence-corrected chi connectivity index (χ2v) is 7.62. The van der Waals surface area contributed by atoms with Crippen molar-refractivity contribution in [3.05, 3.63) is 65.7 Å². The van der Waals surface area contributed by atoms with Crippen LogP contribution >= 0.6 is 0 Å². The maximum atomic E-state index is 13.6. The van der Waals surface area contributed by atoms with Crippen LogP contribution in [0.2, 0.25) is 0 Å². The van der Waals surface area contributed by atoms with Crippen LogP contribution in [0.4, 0.5) is 4.39 Å². The van der Waals surface area contributed by atoms with E-state index in [0.29, 0.717) is 37.3 Å². The fraction of sp³-hybridized carbons (Fsp3) is 0.435. The second-order valence-electron chi connectivity index (χ2n) is 7.62. The van der Waals surface area contributed by atoms with Gasteiger partial charge in [-0.25, -0.2) is 4.39 Å². The molecule has 0 radical (unpaired) electrons. The Morgan fingerprint density at radius 1 is 1.17 bits per heavy atom. The van der Waals surface area contributed by atoms with Gasteiger partial charge in [0, 0.05) is 50.4 Å². The van der Waals surface area contributed by atoms with Crippen molar-refractivity contribution in [1.29, 1.82) is 0 Å². The van der Waals surface area contributed by atoms with Gasteiger partial charge in [0.05, 0.1) is 0 Å². The van der Waals surface area contributed by atoms with Gasteiger partial charge in [-0.15, -0.1) is 0 Å². The fourth-order valence-corrected chi connectivity index (χ4v) is 3.74. The number of carbonyl (C=O) groups excluding carboxylic acids is 2. The van der Waals surface area contributed by atoms with E-state index in [9.17, 15) is 14.0 Å². The molecule has 2 heterocycles. The summed E-state index contributed by atoms with van der Waals surface area (Å²) in [5.74, 6) is 0.127. The van der Waals surface area contributed by atoms with Gasteiger partial charge < -0.3 is 10.2 Å². The molecule has 1 fully saturated rings. The molecular formula is C23H28FN3O2. The molecule has 29 heavy (non-hydrogen) atoms. The number of hydrogen-bond donors (Lipinski definition) is 1. The Hall–Kier alpha value is -2.76. The molecule has 1 aliphatic heterocycles. The molecule has 2 amide bonds. The number of benzene rings is 1. The molecule has 3 rings (SSSR count). The molecule has 2 aromatic rings. The maximum Gasteiger partial charge on any atom is 0.222 e. The summed E-state index contributed by atoms with van der Waals surface area (Å²) in [5, 5.41) is 2.79. The number of pyridine rings is 1. The molecule has 0 saturated carbocycles. The molecule has 0 spiro atoms. The Labute approximate surface area is 171 Å². The minimum absolute atomic E-state index is 0.0757. The molecular weight excluding hydrogens is 369 g/mol. The van der Waals surface area contributed by atoms with Crippen LogP contribution in [0, 0.1) is 11.7 Å². The van der Waals surface area contributed by atoms with E-state index in [4.69, 9.17) is 0 Å². The standard InChI is InChI=1S/C23H28FN3O2/c24-21-8-2-1-7-20(21)16-26-22(28)11-9-19-6-4-14-27(17-19)23(29)12-10-18-5-3-13-25-15-18/h1-3,5,7-8,13,15,19H,4,6,9-12,14,16-17H2,(H,26,28). The van der Waals surface area contributed by atoms with Crippen LogP contribution in [0.5, 0.6) is 0 Å². The van der Waals surface area contributed by atoms with E-state index in [0.717, 1.165) is 31.4 Å². The third-order valence-electron chi connectivity index (χ3n) is 5.44. The lowest BCUT2D eigenvalue weighted by Gasteiger charge is -2.33. The summed E-state index contributed by atoms with van der Waals surface area (Å²) in [6.45, 7) is 1.71. The first-order valence-electron chi connectivity index (χ1n) is 10.3. The van der Waals surface area contributed by atoms with Crippen molar-refractivity contribution in [2.24, 2.45) is 5.92 Å². The van der Waals surface area contributed by atoms with Gasteiger partial charge in [0.25, 0.3) is 0 Å². The normalized spacial score (nSPS) is 16.4. The largest absolute Gasteiger partial charge is 0.352 e. The SMILES string of the molecule is O=C(CCC1CCCN(C(=O)CCc2cccnc2)C1)NCc1ccccc1F. The molecule has 1 saturated heterocycles. The lowest BCUT2D eigenvalue weighted by molar-refractivity contribution is -0.133. The number of aromatic nitrogens is 1. The van der Waals surface area contributed by atoms with Gasteiger partial charge in [-0.1, -0.05) is 24.3 Å². The van der Waals surface area contributed by atoms with E-state index in [1.54, 1.807) is 30.6 Å². The first kappa shape index (κ1) is 21.0. The summed E-state index contributed by atoms with van der Waals surface area (Å²) in [4.78, 5) is 30.7. The molecule has 0 bridgehead atoms. The number of amides is 2. The zero-order chi connectivity index (χ0) is 20.5. The van der Waals surface area contributed by atoms with E-state index in [2.05, 4.69) is 10.3 Å². The number of halogens is 1. The number of aryl methyl sites for hydroxylation is 1. The number of piperidine rings is 1. The van der Waals surface area contributed by atoms with Gasteiger partial charge in [-0.2, -0.15) is 0 Å². The number of nitrogens with one attached hydrogen (secondary N) is 1. The summed E-state index contributed by atoms with van der Waals surface area (Å²) in [7, 11) is 0. The Balaban J connectivity index is 1.38. The predicted octanol–water partition coefficient (Wildman–Crippen LogP) is 3.49. The van der Waals surface area contributed by atoms with Gasteiger partial charge in [-0.05, 0) is 49.3 Å².